The predicted octanol–water partition coefficient (Wildman–Crippen LogP) is 1.39. The van der Waals surface area contributed by atoms with E-state index in [0.717, 1.165) is 0 Å². The summed E-state index contributed by atoms with van der Waals surface area (Å²) in [6.45, 7) is 6.31. The van der Waals surface area contributed by atoms with Gasteiger partial charge >= 0.3 is 5.97 Å². The van der Waals surface area contributed by atoms with Crippen LogP contribution >= 0.6 is 0 Å². The molecule has 1 aliphatic rings. The van der Waals surface area contributed by atoms with Crippen LogP contribution in [0, 0.1) is 6.92 Å². The second-order valence-corrected chi connectivity index (χ2v) is 8.58. The van der Waals surface area contributed by atoms with Gasteiger partial charge in [-0.05, 0) is 31.0 Å². The fourth-order valence-electron chi connectivity index (χ4n) is 3.21. The van der Waals surface area contributed by atoms with Crippen molar-refractivity contribution in [2.45, 2.75) is 44.0 Å². The van der Waals surface area contributed by atoms with Gasteiger partial charge in [0.05, 0.1) is 23.5 Å². The first-order valence-electron chi connectivity index (χ1n) is 8.88. The van der Waals surface area contributed by atoms with Crippen molar-refractivity contribution < 1.29 is 27.9 Å². The molecule has 1 aliphatic heterocycles. The van der Waals surface area contributed by atoms with Gasteiger partial charge < -0.3 is 15.2 Å². The van der Waals surface area contributed by atoms with Gasteiger partial charge in [0.15, 0.2) is 0 Å². The smallest absolute Gasteiger partial charge is 0.305 e. The van der Waals surface area contributed by atoms with Gasteiger partial charge in [-0.2, -0.15) is 4.31 Å². The molecule has 0 aliphatic carbocycles. The molecular formula is C18H26N2O6S. The van der Waals surface area contributed by atoms with E-state index < -0.39 is 27.4 Å². The molecule has 0 radical (unpaired) electrons. The molecule has 150 valence electrons. The number of hydrogen-bond acceptors (Lipinski definition) is 5. The zero-order chi connectivity index (χ0) is 20.2. The summed E-state index contributed by atoms with van der Waals surface area (Å²) in [5.41, 5.74) is -0.267. The van der Waals surface area contributed by atoms with Gasteiger partial charge in [0.1, 0.15) is 0 Å². The van der Waals surface area contributed by atoms with E-state index in [0.29, 0.717) is 31.7 Å². The molecule has 9 heteroatoms. The lowest BCUT2D eigenvalue weighted by Crippen LogP contribution is -2.50. The zero-order valence-corrected chi connectivity index (χ0v) is 16.6. The maximum Gasteiger partial charge on any atom is 0.305 e. The molecule has 1 amide bonds. The number of nitrogens with one attached hydrogen (secondary N) is 1. The summed E-state index contributed by atoms with van der Waals surface area (Å²) in [5, 5.41) is 11.9. The molecule has 1 aromatic carbocycles. The molecule has 2 rings (SSSR count). The number of sulfonamides is 1. The molecule has 1 fully saturated rings. The lowest BCUT2D eigenvalue weighted by Gasteiger charge is -2.27. The van der Waals surface area contributed by atoms with Crippen LogP contribution in [-0.2, 0) is 19.6 Å². The highest BCUT2D eigenvalue weighted by Gasteiger charge is 2.39. The van der Waals surface area contributed by atoms with E-state index in [1.165, 1.54) is 16.4 Å². The number of nitrogens with zero attached hydrogens (tertiary/aromatic N) is 1. The Morgan fingerprint density at radius 1 is 1.30 bits per heavy atom. The highest BCUT2D eigenvalue weighted by molar-refractivity contribution is 7.89. The number of carboxylic acids is 1. The van der Waals surface area contributed by atoms with Gasteiger partial charge in [-0.25, -0.2) is 8.42 Å². The molecule has 2 N–H and O–H groups in total. The quantitative estimate of drug-likeness (QED) is 0.684. The number of ether oxygens (including phenoxy) is 1. The normalized spacial score (nSPS) is 20.0. The zero-order valence-electron chi connectivity index (χ0n) is 15.8. The standard InChI is InChI=1S/C18H26N2O6S/c1-4-20(5-2)27(24,25)15-10-14(7-6-13(15)3)17(23)19-18(11-16(21)22)8-9-26-12-18/h6-7,10H,4-5,8-9,11-12H2,1-3H3,(H,19,23)(H,21,22). The van der Waals surface area contributed by atoms with E-state index >= 15 is 0 Å². The Labute approximate surface area is 159 Å². The summed E-state index contributed by atoms with van der Waals surface area (Å²) in [6, 6.07) is 4.47. The monoisotopic (exact) mass is 398 g/mol. The molecular weight excluding hydrogens is 372 g/mol. The minimum absolute atomic E-state index is 0.0776. The average molecular weight is 398 g/mol. The predicted molar refractivity (Wildman–Crippen MR) is 99.2 cm³/mol. The number of benzene rings is 1. The minimum atomic E-state index is -3.71. The van der Waals surface area contributed by atoms with Gasteiger partial charge in [0.2, 0.25) is 10.0 Å². The number of carbonyl (C=O) groups excluding carboxylic acids is 1. The summed E-state index contributed by atoms with van der Waals surface area (Å²) in [7, 11) is -3.71. The molecule has 0 spiro atoms. The fraction of sp³-hybridized carbons (Fsp3) is 0.556. The summed E-state index contributed by atoms with van der Waals surface area (Å²) < 4.78 is 32.3. The Balaban J connectivity index is 2.34. The SMILES string of the molecule is CCN(CC)S(=O)(=O)c1cc(C(=O)NC2(CC(=O)O)CCOC2)ccc1C. The van der Waals surface area contributed by atoms with Crippen molar-refractivity contribution in [3.8, 4) is 0 Å². The average Bonchev–Trinajstić information content (AvgIpc) is 3.02. The van der Waals surface area contributed by atoms with Crippen molar-refractivity contribution in [1.29, 1.82) is 0 Å². The summed E-state index contributed by atoms with van der Waals surface area (Å²) in [6.07, 6.45) is 0.136. The van der Waals surface area contributed by atoms with E-state index in [-0.39, 0.29) is 23.5 Å². The van der Waals surface area contributed by atoms with Crippen molar-refractivity contribution in [2.75, 3.05) is 26.3 Å². The van der Waals surface area contributed by atoms with Gasteiger partial charge in [0, 0.05) is 25.3 Å². The number of aliphatic carboxylic acids is 1. The van der Waals surface area contributed by atoms with Crippen LogP contribution in [0.5, 0.6) is 0 Å². The number of amides is 1. The van der Waals surface area contributed by atoms with Crippen molar-refractivity contribution >= 4 is 21.9 Å². The molecule has 1 heterocycles. The number of hydrogen-bond donors (Lipinski definition) is 2. The molecule has 0 aromatic heterocycles. The van der Waals surface area contributed by atoms with Crippen LogP contribution < -0.4 is 5.32 Å². The third kappa shape index (κ3) is 4.66. The molecule has 1 saturated heterocycles. The molecule has 0 bridgehead atoms. The lowest BCUT2D eigenvalue weighted by molar-refractivity contribution is -0.138. The van der Waals surface area contributed by atoms with Crippen molar-refractivity contribution in [1.82, 2.24) is 9.62 Å². The summed E-state index contributed by atoms with van der Waals surface area (Å²) in [4.78, 5) is 24.0. The first-order valence-corrected chi connectivity index (χ1v) is 10.3. The van der Waals surface area contributed by atoms with Crippen LogP contribution in [0.1, 0.15) is 42.6 Å². The lowest BCUT2D eigenvalue weighted by atomic mass is 9.93. The highest BCUT2D eigenvalue weighted by atomic mass is 32.2. The number of carboxylic acid groups (broad SMARTS) is 1. The molecule has 1 aromatic rings. The maximum atomic E-state index is 12.8. The van der Waals surface area contributed by atoms with Gasteiger partial charge in [0.25, 0.3) is 5.91 Å². The van der Waals surface area contributed by atoms with Crippen molar-refractivity contribution in [2.24, 2.45) is 0 Å². The Bertz CT molecular complexity index is 811. The summed E-state index contributed by atoms with van der Waals surface area (Å²) in [5.74, 6) is -1.55. The molecule has 8 nitrogen and oxygen atoms in total. The van der Waals surface area contributed by atoms with E-state index in [9.17, 15) is 18.0 Å². The second-order valence-electron chi connectivity index (χ2n) is 6.68. The van der Waals surface area contributed by atoms with Gasteiger partial charge in [-0.1, -0.05) is 19.9 Å². The minimum Gasteiger partial charge on any atom is -0.481 e. The van der Waals surface area contributed by atoms with Crippen molar-refractivity contribution in [3.05, 3.63) is 29.3 Å². The van der Waals surface area contributed by atoms with E-state index in [1.807, 2.05) is 0 Å². The summed E-state index contributed by atoms with van der Waals surface area (Å²) >= 11 is 0. The van der Waals surface area contributed by atoms with E-state index in [4.69, 9.17) is 9.84 Å². The third-order valence-electron chi connectivity index (χ3n) is 4.75. The number of carbonyl (C=O) groups is 2. The molecule has 27 heavy (non-hydrogen) atoms. The first kappa shape index (κ1) is 21.3. The highest BCUT2D eigenvalue weighted by Crippen LogP contribution is 2.25. The van der Waals surface area contributed by atoms with Crippen LogP contribution in [0.4, 0.5) is 0 Å². The van der Waals surface area contributed by atoms with Crippen LogP contribution in [0.2, 0.25) is 0 Å². The number of rotatable bonds is 8. The van der Waals surface area contributed by atoms with Crippen LogP contribution in [0.15, 0.2) is 23.1 Å². The Morgan fingerprint density at radius 2 is 1.96 bits per heavy atom. The fourth-order valence-corrected chi connectivity index (χ4v) is 4.92. The maximum absolute atomic E-state index is 12.8. The van der Waals surface area contributed by atoms with Crippen molar-refractivity contribution in [3.63, 3.8) is 0 Å². The van der Waals surface area contributed by atoms with Gasteiger partial charge in [-0.15, -0.1) is 0 Å². The molecule has 1 atom stereocenters. The Kier molecular flexibility index (Phi) is 6.61. The van der Waals surface area contributed by atoms with Crippen LogP contribution in [0.25, 0.3) is 0 Å². The molecule has 1 unspecified atom stereocenters. The topological polar surface area (TPSA) is 113 Å². The first-order chi connectivity index (χ1) is 12.6. The number of aryl methyl sites for hydroxylation is 1. The van der Waals surface area contributed by atoms with Crippen LogP contribution in [0.3, 0.4) is 0 Å². The Hall–Kier alpha value is -1.97. The Morgan fingerprint density at radius 3 is 2.48 bits per heavy atom. The third-order valence-corrected chi connectivity index (χ3v) is 6.94. The van der Waals surface area contributed by atoms with E-state index in [2.05, 4.69) is 5.32 Å². The van der Waals surface area contributed by atoms with Gasteiger partial charge in [-0.3, -0.25) is 9.59 Å². The van der Waals surface area contributed by atoms with E-state index in [1.54, 1.807) is 26.8 Å². The van der Waals surface area contributed by atoms with Crippen LogP contribution in [-0.4, -0.2) is 61.5 Å². The second kappa shape index (κ2) is 8.37. The molecule has 0 saturated carbocycles. The largest absolute Gasteiger partial charge is 0.481 e.